The smallest absolute Gasteiger partial charge is 0.428 e. The highest BCUT2D eigenvalue weighted by Gasteiger charge is 2.26. The van der Waals surface area contributed by atoms with Crippen LogP contribution in [0.3, 0.4) is 0 Å². The zero-order valence-corrected chi connectivity index (χ0v) is 9.85. The molecule has 0 unspecified atom stereocenters. The Morgan fingerprint density at radius 3 is 2.56 bits per heavy atom. The second-order valence-corrected chi connectivity index (χ2v) is 4.49. The van der Waals surface area contributed by atoms with Crippen LogP contribution in [0.5, 0.6) is 0 Å². The Morgan fingerprint density at radius 1 is 1.44 bits per heavy atom. The van der Waals surface area contributed by atoms with E-state index in [0.717, 1.165) is 0 Å². The monoisotopic (exact) mass is 228 g/mol. The Kier molecular flexibility index (Phi) is 3.70. The Labute approximate surface area is 94.4 Å². The lowest BCUT2D eigenvalue weighted by Gasteiger charge is -2.24. The number of hydrogen-bond donors (Lipinski definition) is 0. The predicted molar refractivity (Wildman–Crippen MR) is 55.8 cm³/mol. The summed E-state index contributed by atoms with van der Waals surface area (Å²) in [6.07, 6.45) is 0.443. The molecule has 0 radical (unpaired) electrons. The molecule has 0 saturated heterocycles. The van der Waals surface area contributed by atoms with Crippen molar-refractivity contribution in [2.75, 3.05) is 0 Å². The third-order valence-corrected chi connectivity index (χ3v) is 1.76. The van der Waals surface area contributed by atoms with Crippen molar-refractivity contribution in [2.45, 2.75) is 45.7 Å². The Hall–Kier alpha value is -1.36. The van der Waals surface area contributed by atoms with E-state index in [1.165, 1.54) is 12.2 Å². The van der Waals surface area contributed by atoms with E-state index < -0.39 is 24.2 Å². The van der Waals surface area contributed by atoms with Crippen molar-refractivity contribution >= 4 is 11.9 Å². The first-order valence-electron chi connectivity index (χ1n) is 5.05. The van der Waals surface area contributed by atoms with E-state index in [-0.39, 0.29) is 5.78 Å². The van der Waals surface area contributed by atoms with Crippen LogP contribution in [-0.4, -0.2) is 29.9 Å². The second kappa shape index (κ2) is 4.65. The maximum absolute atomic E-state index is 11.3. The van der Waals surface area contributed by atoms with Crippen molar-refractivity contribution in [2.24, 2.45) is 0 Å². The highest BCUT2D eigenvalue weighted by atomic mass is 16.8. The van der Waals surface area contributed by atoms with Crippen molar-refractivity contribution in [3.8, 4) is 0 Å². The first-order chi connectivity index (χ1) is 7.28. The number of rotatable bonds is 1. The first kappa shape index (κ1) is 12.7. The fourth-order valence-electron chi connectivity index (χ4n) is 1.06. The molecule has 0 aromatic heterocycles. The number of ether oxygens (including phenoxy) is 3. The molecular weight excluding hydrogens is 212 g/mol. The molecular formula is C11H16O5. The quantitative estimate of drug-likeness (QED) is 0.640. The van der Waals surface area contributed by atoms with Crippen molar-refractivity contribution in [3.05, 3.63) is 12.2 Å². The average molecular weight is 228 g/mol. The Morgan fingerprint density at radius 2 is 2.06 bits per heavy atom. The van der Waals surface area contributed by atoms with E-state index >= 15 is 0 Å². The van der Waals surface area contributed by atoms with Crippen LogP contribution >= 0.6 is 0 Å². The highest BCUT2D eigenvalue weighted by molar-refractivity contribution is 5.93. The van der Waals surface area contributed by atoms with Crippen LogP contribution in [0.25, 0.3) is 0 Å². The summed E-state index contributed by atoms with van der Waals surface area (Å²) in [5.41, 5.74) is -0.614. The molecule has 1 heterocycles. The van der Waals surface area contributed by atoms with E-state index in [9.17, 15) is 9.59 Å². The molecule has 0 aromatic rings. The molecule has 0 N–H and O–H groups in total. The van der Waals surface area contributed by atoms with Gasteiger partial charge in [-0.3, -0.25) is 4.79 Å². The number of hydrogen-bond acceptors (Lipinski definition) is 5. The van der Waals surface area contributed by atoms with Crippen LogP contribution in [0, 0.1) is 0 Å². The van der Waals surface area contributed by atoms with Crippen LogP contribution in [0.4, 0.5) is 4.79 Å². The molecule has 2 atom stereocenters. The van der Waals surface area contributed by atoms with Gasteiger partial charge in [-0.25, -0.2) is 4.79 Å². The molecule has 1 aliphatic heterocycles. The van der Waals surface area contributed by atoms with Gasteiger partial charge in [0.15, 0.2) is 5.78 Å². The predicted octanol–water partition coefficient (Wildman–Crippen LogP) is 1.81. The van der Waals surface area contributed by atoms with Crippen LogP contribution in [0.1, 0.15) is 27.7 Å². The normalized spacial score (nSPS) is 25.4. The largest absolute Gasteiger partial charge is 0.511 e. The van der Waals surface area contributed by atoms with Crippen molar-refractivity contribution < 1.29 is 23.8 Å². The SMILES string of the molecule is C[C@H]1O[C@@H](OC(=O)OC(C)(C)C)C=CC1=O. The fourth-order valence-corrected chi connectivity index (χ4v) is 1.06. The molecule has 90 valence electrons. The summed E-state index contributed by atoms with van der Waals surface area (Å²) in [6, 6.07) is 0. The topological polar surface area (TPSA) is 61.8 Å². The molecule has 0 bridgehead atoms. The van der Waals surface area contributed by atoms with Crippen LogP contribution in [0.15, 0.2) is 12.2 Å². The van der Waals surface area contributed by atoms with Gasteiger partial charge in [0.25, 0.3) is 0 Å². The highest BCUT2D eigenvalue weighted by Crippen LogP contribution is 2.14. The summed E-state index contributed by atoms with van der Waals surface area (Å²) in [5.74, 6) is -0.149. The van der Waals surface area contributed by atoms with E-state index in [0.29, 0.717) is 0 Å². The van der Waals surface area contributed by atoms with E-state index in [1.54, 1.807) is 27.7 Å². The second-order valence-electron chi connectivity index (χ2n) is 4.49. The number of carbonyl (C=O) groups excluding carboxylic acids is 2. The number of carbonyl (C=O) groups is 2. The van der Waals surface area contributed by atoms with Crippen molar-refractivity contribution in [1.82, 2.24) is 0 Å². The van der Waals surface area contributed by atoms with E-state index in [2.05, 4.69) is 0 Å². The molecule has 0 saturated carbocycles. The van der Waals surface area contributed by atoms with Crippen LogP contribution in [0.2, 0.25) is 0 Å². The Balaban J connectivity index is 2.47. The van der Waals surface area contributed by atoms with Crippen LogP contribution in [-0.2, 0) is 19.0 Å². The molecule has 5 nitrogen and oxygen atoms in total. The van der Waals surface area contributed by atoms with Gasteiger partial charge in [0.1, 0.15) is 11.7 Å². The first-order valence-corrected chi connectivity index (χ1v) is 5.05. The van der Waals surface area contributed by atoms with Gasteiger partial charge in [-0.1, -0.05) is 0 Å². The lowest BCUT2D eigenvalue weighted by atomic mass is 10.2. The molecule has 1 rings (SSSR count). The zero-order chi connectivity index (χ0) is 12.3. The van der Waals surface area contributed by atoms with E-state index in [4.69, 9.17) is 14.2 Å². The van der Waals surface area contributed by atoms with Gasteiger partial charge in [0, 0.05) is 0 Å². The summed E-state index contributed by atoms with van der Waals surface area (Å²) in [5, 5.41) is 0. The van der Waals surface area contributed by atoms with Crippen molar-refractivity contribution in [3.63, 3.8) is 0 Å². The maximum atomic E-state index is 11.3. The number of ketones is 1. The van der Waals surface area contributed by atoms with Gasteiger partial charge < -0.3 is 14.2 Å². The van der Waals surface area contributed by atoms with Crippen molar-refractivity contribution in [1.29, 1.82) is 0 Å². The summed E-state index contributed by atoms with van der Waals surface area (Å²) in [4.78, 5) is 22.3. The molecule has 1 aliphatic rings. The Bertz CT molecular complexity index is 313. The van der Waals surface area contributed by atoms with Crippen LogP contribution < -0.4 is 0 Å². The molecule has 0 aromatic carbocycles. The average Bonchev–Trinajstić information content (AvgIpc) is 2.08. The van der Waals surface area contributed by atoms with Gasteiger partial charge in [0.2, 0.25) is 6.29 Å². The molecule has 0 amide bonds. The fraction of sp³-hybridized carbons (Fsp3) is 0.636. The molecule has 0 spiro atoms. The third-order valence-electron chi connectivity index (χ3n) is 1.76. The summed E-state index contributed by atoms with van der Waals surface area (Å²) in [6.45, 7) is 6.80. The lowest BCUT2D eigenvalue weighted by molar-refractivity contribution is -0.154. The standard InChI is InChI=1S/C11H16O5/c1-7-8(12)5-6-9(14-7)15-10(13)16-11(2,3)4/h5-7,9H,1-4H3/t7-,9+/m1/s1. The minimum Gasteiger partial charge on any atom is -0.428 e. The summed E-state index contributed by atoms with van der Waals surface area (Å²) >= 11 is 0. The third kappa shape index (κ3) is 4.02. The molecule has 0 fully saturated rings. The van der Waals surface area contributed by atoms with Gasteiger partial charge in [-0.05, 0) is 39.8 Å². The minimum absolute atomic E-state index is 0.149. The zero-order valence-electron chi connectivity index (χ0n) is 9.85. The van der Waals surface area contributed by atoms with Gasteiger partial charge in [-0.15, -0.1) is 0 Å². The van der Waals surface area contributed by atoms with Gasteiger partial charge in [0.05, 0.1) is 0 Å². The minimum atomic E-state index is -0.859. The lowest BCUT2D eigenvalue weighted by Crippen LogP contribution is -2.34. The summed E-state index contributed by atoms with van der Waals surface area (Å²) < 4.78 is 14.9. The molecule has 5 heteroatoms. The van der Waals surface area contributed by atoms with Gasteiger partial charge >= 0.3 is 6.16 Å². The maximum Gasteiger partial charge on any atom is 0.511 e. The molecule has 16 heavy (non-hydrogen) atoms. The summed E-state index contributed by atoms with van der Waals surface area (Å²) in [7, 11) is 0. The van der Waals surface area contributed by atoms with E-state index in [1.807, 2.05) is 0 Å². The molecule has 0 aliphatic carbocycles. The van der Waals surface area contributed by atoms with Gasteiger partial charge in [-0.2, -0.15) is 0 Å².